The molecule has 0 unspecified atom stereocenters. The summed E-state index contributed by atoms with van der Waals surface area (Å²) in [5.41, 5.74) is 1.43. The van der Waals surface area contributed by atoms with Gasteiger partial charge >= 0.3 is 6.03 Å². The number of carbonyl (C=O) groups is 1. The van der Waals surface area contributed by atoms with E-state index < -0.39 is 0 Å². The van der Waals surface area contributed by atoms with E-state index in [0.29, 0.717) is 23.2 Å². The van der Waals surface area contributed by atoms with E-state index in [2.05, 4.69) is 20.8 Å². The van der Waals surface area contributed by atoms with Gasteiger partial charge in [-0.1, -0.05) is 47.6 Å². The molecule has 7 heteroatoms. The maximum absolute atomic E-state index is 12.0. The standard InChI is InChI=1S/C17H16N4O3/c1-23-14-10-6-5-9-13(14)19-17(22)18-11-15-20-16(21-24-15)12-7-3-2-4-8-12/h2-10H,11H2,1H3,(H2,18,19,22). The largest absolute Gasteiger partial charge is 0.495 e. The highest BCUT2D eigenvalue weighted by atomic mass is 16.5. The Labute approximate surface area is 138 Å². The molecule has 0 saturated carbocycles. The summed E-state index contributed by atoms with van der Waals surface area (Å²) in [6.45, 7) is 0.126. The van der Waals surface area contributed by atoms with Crippen LogP contribution in [0.25, 0.3) is 11.4 Å². The topological polar surface area (TPSA) is 89.3 Å². The Morgan fingerprint density at radius 3 is 2.67 bits per heavy atom. The van der Waals surface area contributed by atoms with Crippen molar-refractivity contribution in [3.05, 3.63) is 60.5 Å². The molecule has 1 heterocycles. The third-order valence-corrected chi connectivity index (χ3v) is 3.26. The van der Waals surface area contributed by atoms with Crippen LogP contribution in [0, 0.1) is 0 Å². The first-order valence-electron chi connectivity index (χ1n) is 7.32. The summed E-state index contributed by atoms with van der Waals surface area (Å²) in [5.74, 6) is 1.39. The van der Waals surface area contributed by atoms with Crippen molar-refractivity contribution >= 4 is 11.7 Å². The summed E-state index contributed by atoms with van der Waals surface area (Å²) < 4.78 is 10.3. The molecule has 0 radical (unpaired) electrons. The summed E-state index contributed by atoms with van der Waals surface area (Å²) in [7, 11) is 1.54. The number of methoxy groups -OCH3 is 1. The molecule has 2 amide bonds. The number of hydrogen-bond acceptors (Lipinski definition) is 5. The SMILES string of the molecule is COc1ccccc1NC(=O)NCc1nc(-c2ccccc2)no1. The molecule has 0 saturated heterocycles. The van der Waals surface area contributed by atoms with E-state index >= 15 is 0 Å². The fourth-order valence-electron chi connectivity index (χ4n) is 2.10. The Balaban J connectivity index is 1.58. The smallest absolute Gasteiger partial charge is 0.319 e. The van der Waals surface area contributed by atoms with Gasteiger partial charge in [0.15, 0.2) is 0 Å². The van der Waals surface area contributed by atoms with Crippen LogP contribution in [0.5, 0.6) is 5.75 Å². The molecule has 0 spiro atoms. The number of amides is 2. The number of nitrogens with one attached hydrogen (secondary N) is 2. The second-order valence-corrected chi connectivity index (χ2v) is 4.89. The minimum absolute atomic E-state index is 0.126. The van der Waals surface area contributed by atoms with Gasteiger partial charge in [-0.2, -0.15) is 4.98 Å². The number of rotatable bonds is 5. The molecule has 2 N–H and O–H groups in total. The number of hydrogen-bond donors (Lipinski definition) is 2. The Morgan fingerprint density at radius 1 is 1.12 bits per heavy atom. The van der Waals surface area contributed by atoms with Crippen molar-refractivity contribution in [3.8, 4) is 17.1 Å². The van der Waals surface area contributed by atoms with Gasteiger partial charge in [-0.15, -0.1) is 0 Å². The average molecular weight is 324 g/mol. The van der Waals surface area contributed by atoms with E-state index in [9.17, 15) is 4.79 Å². The van der Waals surface area contributed by atoms with Gasteiger partial charge in [-0.05, 0) is 12.1 Å². The van der Waals surface area contributed by atoms with E-state index in [1.54, 1.807) is 19.2 Å². The summed E-state index contributed by atoms with van der Waals surface area (Å²) in [5, 5.41) is 9.26. The maximum atomic E-state index is 12.0. The lowest BCUT2D eigenvalue weighted by Gasteiger charge is -2.09. The molecule has 3 rings (SSSR count). The highest BCUT2D eigenvalue weighted by molar-refractivity contribution is 5.90. The van der Waals surface area contributed by atoms with Crippen molar-refractivity contribution < 1.29 is 14.1 Å². The number of aromatic nitrogens is 2. The number of ether oxygens (including phenoxy) is 1. The molecule has 24 heavy (non-hydrogen) atoms. The van der Waals surface area contributed by atoms with Gasteiger partial charge in [0.25, 0.3) is 0 Å². The van der Waals surface area contributed by atoms with Crippen LogP contribution >= 0.6 is 0 Å². The molecule has 122 valence electrons. The maximum Gasteiger partial charge on any atom is 0.319 e. The molecule has 0 aliphatic heterocycles. The number of benzene rings is 2. The van der Waals surface area contributed by atoms with E-state index in [4.69, 9.17) is 9.26 Å². The molecule has 7 nitrogen and oxygen atoms in total. The fourth-order valence-corrected chi connectivity index (χ4v) is 2.10. The minimum Gasteiger partial charge on any atom is -0.495 e. The molecular weight excluding hydrogens is 308 g/mol. The van der Waals surface area contributed by atoms with Gasteiger partial charge in [-0.25, -0.2) is 4.79 Å². The van der Waals surface area contributed by atoms with Gasteiger partial charge in [0.1, 0.15) is 5.75 Å². The zero-order valence-electron chi connectivity index (χ0n) is 13.0. The third-order valence-electron chi connectivity index (χ3n) is 3.26. The Bertz CT molecular complexity index is 817. The van der Waals surface area contributed by atoms with Crippen molar-refractivity contribution in [2.45, 2.75) is 6.54 Å². The van der Waals surface area contributed by atoms with Crippen molar-refractivity contribution in [2.24, 2.45) is 0 Å². The molecular formula is C17H16N4O3. The second-order valence-electron chi connectivity index (χ2n) is 4.89. The van der Waals surface area contributed by atoms with Gasteiger partial charge < -0.3 is 19.9 Å². The monoisotopic (exact) mass is 324 g/mol. The normalized spacial score (nSPS) is 10.2. The van der Waals surface area contributed by atoms with Crippen molar-refractivity contribution in [3.63, 3.8) is 0 Å². The van der Waals surface area contributed by atoms with Crippen LogP contribution in [-0.4, -0.2) is 23.3 Å². The minimum atomic E-state index is -0.390. The molecule has 0 atom stereocenters. The van der Waals surface area contributed by atoms with Crippen LogP contribution in [0.2, 0.25) is 0 Å². The number of para-hydroxylation sites is 2. The molecule has 0 fully saturated rings. The molecule has 1 aromatic heterocycles. The quantitative estimate of drug-likeness (QED) is 0.753. The van der Waals surface area contributed by atoms with E-state index in [-0.39, 0.29) is 12.6 Å². The van der Waals surface area contributed by atoms with Crippen LogP contribution in [0.1, 0.15) is 5.89 Å². The number of urea groups is 1. The Kier molecular flexibility index (Phi) is 4.71. The first kappa shape index (κ1) is 15.5. The lowest BCUT2D eigenvalue weighted by atomic mass is 10.2. The highest BCUT2D eigenvalue weighted by Crippen LogP contribution is 2.22. The van der Waals surface area contributed by atoms with Crippen molar-refractivity contribution in [2.75, 3.05) is 12.4 Å². The average Bonchev–Trinajstić information content (AvgIpc) is 3.10. The van der Waals surface area contributed by atoms with Crippen LogP contribution in [-0.2, 0) is 6.54 Å². The Morgan fingerprint density at radius 2 is 1.88 bits per heavy atom. The molecule has 0 aliphatic rings. The summed E-state index contributed by atoms with van der Waals surface area (Å²) in [6.07, 6.45) is 0. The third kappa shape index (κ3) is 3.70. The molecule has 2 aromatic carbocycles. The molecule has 0 bridgehead atoms. The number of carbonyl (C=O) groups excluding carboxylic acids is 1. The predicted octanol–water partition coefficient (Wildman–Crippen LogP) is 3.07. The van der Waals surface area contributed by atoms with E-state index in [1.807, 2.05) is 42.5 Å². The van der Waals surface area contributed by atoms with Crippen molar-refractivity contribution in [1.82, 2.24) is 15.5 Å². The lowest BCUT2D eigenvalue weighted by Crippen LogP contribution is -2.28. The van der Waals surface area contributed by atoms with Gasteiger partial charge in [0.2, 0.25) is 11.7 Å². The van der Waals surface area contributed by atoms with Gasteiger partial charge in [-0.3, -0.25) is 0 Å². The zero-order chi connectivity index (χ0) is 16.8. The van der Waals surface area contributed by atoms with Crippen LogP contribution in [0.3, 0.4) is 0 Å². The van der Waals surface area contributed by atoms with Crippen LogP contribution in [0.15, 0.2) is 59.1 Å². The molecule has 0 aliphatic carbocycles. The fraction of sp³-hybridized carbons (Fsp3) is 0.118. The second kappa shape index (κ2) is 7.28. The first-order chi connectivity index (χ1) is 11.8. The van der Waals surface area contributed by atoms with Crippen LogP contribution < -0.4 is 15.4 Å². The zero-order valence-corrected chi connectivity index (χ0v) is 13.0. The van der Waals surface area contributed by atoms with Crippen molar-refractivity contribution in [1.29, 1.82) is 0 Å². The lowest BCUT2D eigenvalue weighted by molar-refractivity contribution is 0.249. The van der Waals surface area contributed by atoms with Crippen LogP contribution in [0.4, 0.5) is 10.5 Å². The predicted molar refractivity (Wildman–Crippen MR) is 88.6 cm³/mol. The Hall–Kier alpha value is -3.35. The summed E-state index contributed by atoms with van der Waals surface area (Å²) in [4.78, 5) is 16.2. The summed E-state index contributed by atoms with van der Waals surface area (Å²) >= 11 is 0. The molecule has 3 aromatic rings. The highest BCUT2D eigenvalue weighted by Gasteiger charge is 2.10. The first-order valence-corrected chi connectivity index (χ1v) is 7.32. The number of nitrogens with zero attached hydrogens (tertiary/aromatic N) is 2. The number of anilines is 1. The van der Waals surface area contributed by atoms with E-state index in [0.717, 1.165) is 5.56 Å². The van der Waals surface area contributed by atoms with E-state index in [1.165, 1.54) is 0 Å². The summed E-state index contributed by atoms with van der Waals surface area (Å²) in [6, 6.07) is 16.2. The van der Waals surface area contributed by atoms with Gasteiger partial charge in [0, 0.05) is 5.56 Å². The van der Waals surface area contributed by atoms with Gasteiger partial charge in [0.05, 0.1) is 19.3 Å².